The molecule has 2 aromatic rings. The molecule has 2 rings (SSSR count). The molecule has 0 radical (unpaired) electrons. The first-order chi connectivity index (χ1) is 11.5. The van der Waals surface area contributed by atoms with Crippen molar-refractivity contribution in [2.75, 3.05) is 0 Å². The molecule has 0 aromatic heterocycles. The Labute approximate surface area is 137 Å². The average molecular weight is 364 g/mol. The first-order valence-electron chi connectivity index (χ1n) is 6.75. The van der Waals surface area contributed by atoms with Crippen molar-refractivity contribution in [3.63, 3.8) is 0 Å². The summed E-state index contributed by atoms with van der Waals surface area (Å²) in [6, 6.07) is 9.06. The molecule has 0 spiro atoms. The van der Waals surface area contributed by atoms with Crippen LogP contribution in [0.15, 0.2) is 48.5 Å². The van der Waals surface area contributed by atoms with Gasteiger partial charge in [-0.3, -0.25) is 4.79 Å². The van der Waals surface area contributed by atoms with Crippen LogP contribution in [0, 0.1) is 0 Å². The molecule has 0 fully saturated rings. The van der Waals surface area contributed by atoms with Crippen molar-refractivity contribution >= 4 is 5.78 Å². The van der Waals surface area contributed by atoms with Crippen molar-refractivity contribution in [1.29, 1.82) is 0 Å². The third-order valence-corrected chi connectivity index (χ3v) is 2.93. The lowest BCUT2D eigenvalue weighted by Crippen LogP contribution is -2.17. The first kappa shape index (κ1) is 18.6. The Kier molecular flexibility index (Phi) is 5.24. The quantitative estimate of drug-likeness (QED) is 0.559. The molecule has 25 heavy (non-hydrogen) atoms. The summed E-state index contributed by atoms with van der Waals surface area (Å²) in [4.78, 5) is 12.1. The van der Waals surface area contributed by atoms with Crippen molar-refractivity contribution in [3.8, 4) is 11.5 Å². The zero-order valence-corrected chi connectivity index (χ0v) is 12.3. The van der Waals surface area contributed by atoms with Gasteiger partial charge in [0.05, 0.1) is 0 Å². The second-order valence-corrected chi connectivity index (χ2v) is 4.86. The van der Waals surface area contributed by atoms with Crippen molar-refractivity contribution in [1.82, 2.24) is 0 Å². The van der Waals surface area contributed by atoms with E-state index in [9.17, 15) is 31.1 Å². The zero-order chi connectivity index (χ0) is 18.7. The van der Waals surface area contributed by atoms with E-state index >= 15 is 0 Å². The first-order valence-corrected chi connectivity index (χ1v) is 6.75. The van der Waals surface area contributed by atoms with Gasteiger partial charge >= 0.3 is 12.7 Å². The maximum absolute atomic E-state index is 12.1. The Balaban J connectivity index is 1.99. The second-order valence-electron chi connectivity index (χ2n) is 4.86. The van der Waals surface area contributed by atoms with Gasteiger partial charge in [-0.2, -0.15) is 0 Å². The molecular formula is C16H10F6O3. The van der Waals surface area contributed by atoms with Gasteiger partial charge in [-0.05, 0) is 42.0 Å². The maximum Gasteiger partial charge on any atom is 0.573 e. The number of ketones is 1. The minimum Gasteiger partial charge on any atom is -0.406 e. The summed E-state index contributed by atoms with van der Waals surface area (Å²) in [6.07, 6.45) is -9.77. The Morgan fingerprint density at radius 2 is 1.12 bits per heavy atom. The topological polar surface area (TPSA) is 35.5 Å². The molecule has 0 saturated carbocycles. The molecular weight excluding hydrogens is 354 g/mol. The molecule has 0 aliphatic carbocycles. The maximum atomic E-state index is 12.1. The number of ether oxygens (including phenoxy) is 2. The minimum absolute atomic E-state index is 0.133. The molecule has 9 heteroatoms. The third kappa shape index (κ3) is 6.36. The number of hydrogen-bond acceptors (Lipinski definition) is 3. The molecule has 0 atom stereocenters. The van der Waals surface area contributed by atoms with Crippen molar-refractivity contribution < 1.29 is 40.6 Å². The van der Waals surface area contributed by atoms with Crippen LogP contribution >= 0.6 is 0 Å². The van der Waals surface area contributed by atoms with Crippen LogP contribution in [-0.2, 0) is 6.42 Å². The highest BCUT2D eigenvalue weighted by Crippen LogP contribution is 2.24. The molecule has 0 amide bonds. The molecule has 0 N–H and O–H groups in total. The number of alkyl halides is 6. The normalized spacial score (nSPS) is 11.9. The van der Waals surface area contributed by atoms with Crippen molar-refractivity contribution in [2.24, 2.45) is 0 Å². The molecule has 134 valence electrons. The monoisotopic (exact) mass is 364 g/mol. The zero-order valence-electron chi connectivity index (χ0n) is 12.3. The summed E-state index contributed by atoms with van der Waals surface area (Å²) in [5.41, 5.74) is 0.570. The van der Waals surface area contributed by atoms with Crippen LogP contribution in [0.1, 0.15) is 15.9 Å². The predicted octanol–water partition coefficient (Wildman–Crippen LogP) is 4.91. The van der Waals surface area contributed by atoms with Crippen LogP contribution in [-0.4, -0.2) is 18.5 Å². The Bertz CT molecular complexity index is 718. The smallest absolute Gasteiger partial charge is 0.406 e. The Morgan fingerprint density at radius 3 is 1.52 bits per heavy atom. The Hall–Kier alpha value is -2.71. The number of carbonyl (C=O) groups is 1. The number of hydrogen-bond donors (Lipinski definition) is 0. The molecule has 0 saturated heterocycles. The van der Waals surface area contributed by atoms with Crippen LogP contribution in [0.2, 0.25) is 0 Å². The van der Waals surface area contributed by atoms with E-state index in [2.05, 4.69) is 9.47 Å². The second kappa shape index (κ2) is 7.04. The summed E-state index contributed by atoms with van der Waals surface area (Å²) < 4.78 is 79.7. The van der Waals surface area contributed by atoms with E-state index in [4.69, 9.17) is 0 Å². The van der Waals surface area contributed by atoms with Crippen molar-refractivity contribution in [2.45, 2.75) is 19.1 Å². The number of carbonyl (C=O) groups excluding carboxylic acids is 1. The van der Waals surface area contributed by atoms with Gasteiger partial charge in [-0.15, -0.1) is 26.3 Å². The highest BCUT2D eigenvalue weighted by atomic mass is 19.4. The van der Waals surface area contributed by atoms with Crippen molar-refractivity contribution in [3.05, 3.63) is 59.7 Å². The van der Waals surface area contributed by atoms with Gasteiger partial charge < -0.3 is 9.47 Å². The van der Waals surface area contributed by atoms with Gasteiger partial charge in [0.25, 0.3) is 0 Å². The molecule has 0 unspecified atom stereocenters. The number of rotatable bonds is 5. The van der Waals surface area contributed by atoms with E-state index in [1.165, 1.54) is 24.3 Å². The molecule has 3 nitrogen and oxygen atoms in total. The largest absolute Gasteiger partial charge is 0.573 e. The highest BCUT2D eigenvalue weighted by molar-refractivity contribution is 5.97. The summed E-state index contributed by atoms with van der Waals surface area (Å²) >= 11 is 0. The fourth-order valence-electron chi connectivity index (χ4n) is 1.94. The number of Topliss-reactive ketones (excluding diaryl/α,β-unsaturated/α-hetero) is 1. The van der Waals surface area contributed by atoms with E-state index in [0.29, 0.717) is 5.56 Å². The molecule has 0 aliphatic rings. The molecule has 2 aromatic carbocycles. The van der Waals surface area contributed by atoms with Gasteiger partial charge in [0, 0.05) is 12.0 Å². The minimum atomic E-state index is -4.83. The SMILES string of the molecule is O=C(Cc1ccc(OC(F)(F)F)cc1)c1ccc(OC(F)(F)F)cc1. The van der Waals surface area contributed by atoms with Gasteiger partial charge in [0.2, 0.25) is 0 Å². The van der Waals surface area contributed by atoms with E-state index in [1.54, 1.807) is 0 Å². The average Bonchev–Trinajstić information content (AvgIpc) is 2.47. The summed E-state index contributed by atoms with van der Waals surface area (Å²) in [5.74, 6) is -1.29. The molecule has 0 aliphatic heterocycles. The van der Waals surface area contributed by atoms with Crippen LogP contribution < -0.4 is 9.47 Å². The summed E-state index contributed by atoms with van der Waals surface area (Å²) in [5, 5.41) is 0. The van der Waals surface area contributed by atoms with E-state index in [1.807, 2.05) is 0 Å². The standard InChI is InChI=1S/C16H10F6O3/c17-15(18,19)24-12-5-1-10(2-6-12)9-14(23)11-3-7-13(8-4-11)25-16(20,21)22/h1-8H,9H2. The predicted molar refractivity (Wildman–Crippen MR) is 74.3 cm³/mol. The fraction of sp³-hybridized carbons (Fsp3) is 0.188. The summed E-state index contributed by atoms with van der Waals surface area (Å²) in [6.45, 7) is 0. The van der Waals surface area contributed by atoms with Crippen LogP contribution in [0.5, 0.6) is 11.5 Å². The van der Waals surface area contributed by atoms with Crippen LogP contribution in [0.25, 0.3) is 0 Å². The van der Waals surface area contributed by atoms with E-state index < -0.39 is 30.0 Å². The van der Waals surface area contributed by atoms with Crippen LogP contribution in [0.3, 0.4) is 0 Å². The summed E-state index contributed by atoms with van der Waals surface area (Å²) in [7, 11) is 0. The lowest BCUT2D eigenvalue weighted by Gasteiger charge is -2.10. The van der Waals surface area contributed by atoms with Gasteiger partial charge in [0.15, 0.2) is 5.78 Å². The number of halogens is 6. The van der Waals surface area contributed by atoms with Gasteiger partial charge in [-0.1, -0.05) is 12.1 Å². The van der Waals surface area contributed by atoms with E-state index in [-0.39, 0.29) is 12.0 Å². The van der Waals surface area contributed by atoms with Gasteiger partial charge in [-0.25, -0.2) is 0 Å². The van der Waals surface area contributed by atoms with Gasteiger partial charge in [0.1, 0.15) is 11.5 Å². The molecule has 0 heterocycles. The number of benzene rings is 2. The lowest BCUT2D eigenvalue weighted by molar-refractivity contribution is -0.275. The van der Waals surface area contributed by atoms with E-state index in [0.717, 1.165) is 24.3 Å². The Morgan fingerprint density at radius 1 is 0.720 bits per heavy atom. The fourth-order valence-corrected chi connectivity index (χ4v) is 1.94. The molecule has 0 bridgehead atoms. The highest BCUT2D eigenvalue weighted by Gasteiger charge is 2.31. The lowest BCUT2D eigenvalue weighted by atomic mass is 10.0. The third-order valence-electron chi connectivity index (χ3n) is 2.93. The van der Waals surface area contributed by atoms with Crippen LogP contribution in [0.4, 0.5) is 26.3 Å².